The summed E-state index contributed by atoms with van der Waals surface area (Å²) in [6.07, 6.45) is 0. The van der Waals surface area contributed by atoms with Gasteiger partial charge in [0, 0.05) is 17.3 Å². The van der Waals surface area contributed by atoms with Crippen LogP contribution < -0.4 is 14.8 Å². The molecule has 0 saturated carbocycles. The Morgan fingerprint density at radius 1 is 0.960 bits per heavy atom. The van der Waals surface area contributed by atoms with E-state index in [4.69, 9.17) is 4.74 Å². The van der Waals surface area contributed by atoms with Crippen LogP contribution in [0.4, 0.5) is 14.5 Å². The lowest BCUT2D eigenvalue weighted by Crippen LogP contribution is -2.13. The van der Waals surface area contributed by atoms with Gasteiger partial charge in [0.1, 0.15) is 0 Å². The maximum Gasteiger partial charge on any atom is 0.387 e. The normalized spacial score (nSPS) is 10.3. The summed E-state index contributed by atoms with van der Waals surface area (Å²) in [6.45, 7) is -3.02. The predicted molar refractivity (Wildman–Crippen MR) is 85.4 cm³/mol. The summed E-state index contributed by atoms with van der Waals surface area (Å²) in [5, 5.41) is 2.55. The molecule has 0 radical (unpaired) electrons. The molecule has 0 unspecified atom stereocenters. The minimum atomic E-state index is -3.02. The molecule has 0 aliphatic rings. The number of benzene rings is 2. The van der Waals surface area contributed by atoms with Crippen LogP contribution in [0.3, 0.4) is 0 Å². The van der Waals surface area contributed by atoms with Gasteiger partial charge >= 0.3 is 12.6 Å². The standard InChI is InChI=1S/C17H15F2NO5/c1-23-13-8-7-12(9-14(13)25-17(18)19)20-15(21)10-3-5-11(6-4-10)16(22)24-2/h3-9,17H,1-2H3,(H,20,21). The molecule has 132 valence electrons. The molecule has 2 rings (SSSR count). The number of alkyl halides is 2. The lowest BCUT2D eigenvalue weighted by atomic mass is 10.1. The van der Waals surface area contributed by atoms with Crippen LogP contribution in [0.15, 0.2) is 42.5 Å². The third-order valence-electron chi connectivity index (χ3n) is 3.21. The highest BCUT2D eigenvalue weighted by molar-refractivity contribution is 6.05. The van der Waals surface area contributed by atoms with E-state index in [1.54, 1.807) is 0 Å². The molecule has 0 aliphatic heterocycles. The van der Waals surface area contributed by atoms with E-state index in [1.807, 2.05) is 0 Å². The van der Waals surface area contributed by atoms with E-state index in [2.05, 4.69) is 14.8 Å². The minimum absolute atomic E-state index is 0.112. The molecule has 2 aromatic carbocycles. The van der Waals surface area contributed by atoms with Crippen LogP contribution in [0.2, 0.25) is 0 Å². The molecule has 25 heavy (non-hydrogen) atoms. The highest BCUT2D eigenvalue weighted by atomic mass is 19.3. The second-order valence-corrected chi connectivity index (χ2v) is 4.77. The monoisotopic (exact) mass is 351 g/mol. The maximum absolute atomic E-state index is 12.4. The van der Waals surface area contributed by atoms with Crippen molar-refractivity contribution in [2.24, 2.45) is 0 Å². The van der Waals surface area contributed by atoms with Gasteiger partial charge in [-0.1, -0.05) is 0 Å². The van der Waals surface area contributed by atoms with Gasteiger partial charge in [-0.15, -0.1) is 0 Å². The molecular formula is C17H15F2NO5. The second-order valence-electron chi connectivity index (χ2n) is 4.77. The van der Waals surface area contributed by atoms with Crippen molar-refractivity contribution in [2.75, 3.05) is 19.5 Å². The molecule has 2 aromatic rings. The van der Waals surface area contributed by atoms with Crippen molar-refractivity contribution >= 4 is 17.6 Å². The van der Waals surface area contributed by atoms with Gasteiger partial charge in [-0.05, 0) is 36.4 Å². The van der Waals surface area contributed by atoms with E-state index in [1.165, 1.54) is 56.7 Å². The number of methoxy groups -OCH3 is 2. The number of hydrogen-bond acceptors (Lipinski definition) is 5. The number of ether oxygens (including phenoxy) is 3. The Labute approximate surface area is 142 Å². The molecule has 0 aliphatic carbocycles. The molecule has 1 N–H and O–H groups in total. The fourth-order valence-electron chi connectivity index (χ4n) is 2.02. The maximum atomic E-state index is 12.4. The Kier molecular flexibility index (Phi) is 5.89. The zero-order chi connectivity index (χ0) is 18.4. The average Bonchev–Trinajstić information content (AvgIpc) is 2.61. The zero-order valence-electron chi connectivity index (χ0n) is 13.4. The second kappa shape index (κ2) is 8.09. The summed E-state index contributed by atoms with van der Waals surface area (Å²) in [4.78, 5) is 23.6. The Morgan fingerprint density at radius 2 is 1.60 bits per heavy atom. The first kappa shape index (κ1) is 18.2. The van der Waals surface area contributed by atoms with Crippen LogP contribution in [0.5, 0.6) is 11.5 Å². The summed E-state index contributed by atoms with van der Waals surface area (Å²) in [6, 6.07) is 9.89. The van der Waals surface area contributed by atoms with Crippen molar-refractivity contribution in [3.05, 3.63) is 53.6 Å². The van der Waals surface area contributed by atoms with E-state index >= 15 is 0 Å². The van der Waals surface area contributed by atoms with E-state index in [9.17, 15) is 18.4 Å². The quantitative estimate of drug-likeness (QED) is 0.808. The van der Waals surface area contributed by atoms with E-state index in [0.717, 1.165) is 0 Å². The van der Waals surface area contributed by atoms with Crippen molar-refractivity contribution in [2.45, 2.75) is 6.61 Å². The number of anilines is 1. The minimum Gasteiger partial charge on any atom is -0.493 e. The van der Waals surface area contributed by atoms with E-state index < -0.39 is 18.5 Å². The van der Waals surface area contributed by atoms with Crippen molar-refractivity contribution in [3.63, 3.8) is 0 Å². The summed E-state index contributed by atoms with van der Waals surface area (Å²) in [5.74, 6) is -1.09. The van der Waals surface area contributed by atoms with Crippen molar-refractivity contribution in [1.82, 2.24) is 0 Å². The first-order valence-electron chi connectivity index (χ1n) is 7.07. The molecule has 0 saturated heterocycles. The topological polar surface area (TPSA) is 73.9 Å². The van der Waals surface area contributed by atoms with Gasteiger partial charge in [-0.3, -0.25) is 4.79 Å². The smallest absolute Gasteiger partial charge is 0.387 e. The number of carbonyl (C=O) groups is 2. The summed E-state index contributed by atoms with van der Waals surface area (Å²) >= 11 is 0. The van der Waals surface area contributed by atoms with E-state index in [-0.39, 0.29) is 22.7 Å². The average molecular weight is 351 g/mol. The van der Waals surface area contributed by atoms with Crippen molar-refractivity contribution in [1.29, 1.82) is 0 Å². The largest absolute Gasteiger partial charge is 0.493 e. The Balaban J connectivity index is 2.15. The Morgan fingerprint density at radius 3 is 2.16 bits per heavy atom. The molecule has 0 bridgehead atoms. The number of halogens is 2. The van der Waals surface area contributed by atoms with Crippen LogP contribution >= 0.6 is 0 Å². The summed E-state index contributed by atoms with van der Waals surface area (Å²) < 4.78 is 38.7. The number of hydrogen-bond donors (Lipinski definition) is 1. The highest BCUT2D eigenvalue weighted by Crippen LogP contribution is 2.31. The number of esters is 1. The molecule has 6 nitrogen and oxygen atoms in total. The van der Waals surface area contributed by atoms with Gasteiger partial charge in [0.25, 0.3) is 5.91 Å². The number of nitrogens with one attached hydrogen (secondary N) is 1. The van der Waals surface area contributed by atoms with Gasteiger partial charge in [-0.25, -0.2) is 4.79 Å². The third-order valence-corrected chi connectivity index (χ3v) is 3.21. The fraction of sp³-hybridized carbons (Fsp3) is 0.176. The van der Waals surface area contributed by atoms with Gasteiger partial charge in [-0.2, -0.15) is 8.78 Å². The first-order chi connectivity index (χ1) is 11.9. The zero-order valence-corrected chi connectivity index (χ0v) is 13.4. The van der Waals surface area contributed by atoms with Crippen molar-refractivity contribution < 1.29 is 32.6 Å². The Hall–Kier alpha value is -3.16. The molecular weight excluding hydrogens is 336 g/mol. The molecule has 0 aromatic heterocycles. The SMILES string of the molecule is COC(=O)c1ccc(C(=O)Nc2ccc(OC)c(OC(F)F)c2)cc1. The molecule has 0 fully saturated rings. The van der Waals surface area contributed by atoms with E-state index in [0.29, 0.717) is 5.56 Å². The molecule has 0 spiro atoms. The van der Waals surface area contributed by atoms with Crippen LogP contribution in [-0.4, -0.2) is 32.7 Å². The number of rotatable bonds is 6. The van der Waals surface area contributed by atoms with Crippen LogP contribution in [0, 0.1) is 0 Å². The highest BCUT2D eigenvalue weighted by Gasteiger charge is 2.14. The van der Waals surface area contributed by atoms with Crippen LogP contribution in [0.25, 0.3) is 0 Å². The van der Waals surface area contributed by atoms with Crippen LogP contribution in [-0.2, 0) is 4.74 Å². The van der Waals surface area contributed by atoms with Crippen molar-refractivity contribution in [3.8, 4) is 11.5 Å². The molecule has 0 heterocycles. The number of amides is 1. The molecule has 8 heteroatoms. The Bertz CT molecular complexity index is 762. The predicted octanol–water partition coefficient (Wildman–Crippen LogP) is 3.34. The first-order valence-corrected chi connectivity index (χ1v) is 7.07. The van der Waals surface area contributed by atoms with Gasteiger partial charge in [0.05, 0.1) is 19.8 Å². The molecule has 0 atom stereocenters. The lowest BCUT2D eigenvalue weighted by molar-refractivity contribution is -0.0511. The van der Waals surface area contributed by atoms with Gasteiger partial charge in [0.15, 0.2) is 11.5 Å². The van der Waals surface area contributed by atoms with Gasteiger partial charge < -0.3 is 19.5 Å². The third kappa shape index (κ3) is 4.66. The van der Waals surface area contributed by atoms with Crippen LogP contribution in [0.1, 0.15) is 20.7 Å². The summed E-state index contributed by atoms with van der Waals surface area (Å²) in [5.41, 5.74) is 0.828. The summed E-state index contributed by atoms with van der Waals surface area (Å²) in [7, 11) is 2.57. The molecule has 1 amide bonds. The lowest BCUT2D eigenvalue weighted by Gasteiger charge is -2.12. The van der Waals surface area contributed by atoms with Gasteiger partial charge in [0.2, 0.25) is 0 Å². The fourth-order valence-corrected chi connectivity index (χ4v) is 2.02. The number of carbonyl (C=O) groups excluding carboxylic acids is 2.